The molecule has 0 aromatic heterocycles. The Balaban J connectivity index is 1.98. The van der Waals surface area contributed by atoms with Crippen molar-refractivity contribution in [2.75, 3.05) is 26.7 Å². The second-order valence-electron chi connectivity index (χ2n) is 4.95. The van der Waals surface area contributed by atoms with Gasteiger partial charge in [-0.05, 0) is 33.7 Å². The number of nitrogens with zero attached hydrogens (tertiary/aromatic N) is 2. The smallest absolute Gasteiger partial charge is 0.0733 e. The van der Waals surface area contributed by atoms with Gasteiger partial charge in [-0.15, -0.1) is 0 Å². The van der Waals surface area contributed by atoms with E-state index in [1.165, 1.54) is 25.9 Å². The molecule has 82 valence electrons. The minimum Gasteiger partial charge on any atom is -0.302 e. The molecule has 0 spiro atoms. The summed E-state index contributed by atoms with van der Waals surface area (Å²) in [5.41, 5.74) is 0. The maximum atomic E-state index is 3.64. The van der Waals surface area contributed by atoms with Gasteiger partial charge in [0, 0.05) is 31.7 Å². The van der Waals surface area contributed by atoms with Gasteiger partial charge in [-0.25, -0.2) is 0 Å². The largest absolute Gasteiger partial charge is 0.302 e. The Hall–Kier alpha value is -0.120. The second-order valence-corrected chi connectivity index (χ2v) is 4.95. The quantitative estimate of drug-likeness (QED) is 0.668. The summed E-state index contributed by atoms with van der Waals surface area (Å²) in [5.74, 6) is 0. The molecule has 3 heteroatoms. The molecule has 0 aromatic carbocycles. The zero-order chi connectivity index (χ0) is 10.1. The first-order valence-electron chi connectivity index (χ1n) is 5.88. The summed E-state index contributed by atoms with van der Waals surface area (Å²) in [6.45, 7) is 8.22. The van der Waals surface area contributed by atoms with E-state index < -0.39 is 0 Å². The average molecular weight is 197 g/mol. The average Bonchev–Trinajstić information content (AvgIpc) is 2.46. The summed E-state index contributed by atoms with van der Waals surface area (Å²) in [4.78, 5) is 5.09. The lowest BCUT2D eigenvalue weighted by atomic mass is 10.2. The van der Waals surface area contributed by atoms with Crippen molar-refractivity contribution >= 4 is 0 Å². The minimum absolute atomic E-state index is 0.584. The fourth-order valence-corrected chi connectivity index (χ4v) is 2.90. The second kappa shape index (κ2) is 4.17. The first-order chi connectivity index (χ1) is 6.68. The molecule has 0 aliphatic carbocycles. The molecule has 0 saturated carbocycles. The van der Waals surface area contributed by atoms with Gasteiger partial charge in [0.1, 0.15) is 0 Å². The van der Waals surface area contributed by atoms with Crippen LogP contribution in [0.2, 0.25) is 0 Å². The van der Waals surface area contributed by atoms with E-state index in [2.05, 4.69) is 36.0 Å². The lowest BCUT2D eigenvalue weighted by Crippen LogP contribution is -2.59. The van der Waals surface area contributed by atoms with Crippen molar-refractivity contribution in [2.45, 2.75) is 44.9 Å². The van der Waals surface area contributed by atoms with Gasteiger partial charge >= 0.3 is 0 Å². The summed E-state index contributed by atoms with van der Waals surface area (Å²) in [6, 6.07) is 1.52. The number of piperazine rings is 1. The molecule has 2 rings (SSSR count). The molecular weight excluding hydrogens is 174 g/mol. The van der Waals surface area contributed by atoms with E-state index in [0.717, 1.165) is 18.6 Å². The van der Waals surface area contributed by atoms with Crippen molar-refractivity contribution in [1.82, 2.24) is 15.1 Å². The highest BCUT2D eigenvalue weighted by molar-refractivity contribution is 4.89. The van der Waals surface area contributed by atoms with Gasteiger partial charge in [-0.2, -0.15) is 0 Å². The van der Waals surface area contributed by atoms with E-state index in [1.807, 2.05) is 0 Å². The summed E-state index contributed by atoms with van der Waals surface area (Å²) < 4.78 is 0. The van der Waals surface area contributed by atoms with Crippen molar-refractivity contribution in [2.24, 2.45) is 0 Å². The molecule has 0 amide bonds. The Labute approximate surface area is 87.4 Å². The van der Waals surface area contributed by atoms with E-state index in [-0.39, 0.29) is 0 Å². The van der Waals surface area contributed by atoms with Crippen LogP contribution in [0.1, 0.15) is 26.7 Å². The van der Waals surface area contributed by atoms with E-state index in [4.69, 9.17) is 0 Å². The summed E-state index contributed by atoms with van der Waals surface area (Å²) >= 11 is 0. The molecule has 0 aromatic rings. The SMILES string of the molecule is CC1CCC(C)N1C1CN(C)CCN1. The zero-order valence-corrected chi connectivity index (χ0v) is 9.66. The van der Waals surface area contributed by atoms with Crippen molar-refractivity contribution in [1.29, 1.82) is 0 Å². The van der Waals surface area contributed by atoms with E-state index >= 15 is 0 Å². The molecule has 3 atom stereocenters. The predicted molar refractivity (Wildman–Crippen MR) is 59.3 cm³/mol. The van der Waals surface area contributed by atoms with Gasteiger partial charge in [-0.3, -0.25) is 10.2 Å². The van der Waals surface area contributed by atoms with Crippen LogP contribution in [0.15, 0.2) is 0 Å². The Bertz CT molecular complexity index is 185. The van der Waals surface area contributed by atoms with Gasteiger partial charge in [0.2, 0.25) is 0 Å². The fourth-order valence-electron chi connectivity index (χ4n) is 2.90. The summed E-state index contributed by atoms with van der Waals surface area (Å²) in [7, 11) is 2.22. The molecular formula is C11H23N3. The molecule has 1 N–H and O–H groups in total. The third kappa shape index (κ3) is 1.95. The standard InChI is InChI=1S/C11H23N3/c1-9-4-5-10(2)14(9)11-8-13(3)7-6-12-11/h9-12H,4-8H2,1-3H3. The van der Waals surface area contributed by atoms with Crippen LogP contribution in [0.25, 0.3) is 0 Å². The number of nitrogens with one attached hydrogen (secondary N) is 1. The number of likely N-dealkylation sites (tertiary alicyclic amines) is 1. The normalized spacial score (nSPS) is 41.8. The Morgan fingerprint density at radius 3 is 2.36 bits per heavy atom. The highest BCUT2D eigenvalue weighted by Crippen LogP contribution is 2.25. The van der Waals surface area contributed by atoms with Crippen LogP contribution < -0.4 is 5.32 Å². The van der Waals surface area contributed by atoms with E-state index in [9.17, 15) is 0 Å². The van der Waals surface area contributed by atoms with Gasteiger partial charge < -0.3 is 4.90 Å². The molecule has 2 heterocycles. The Morgan fingerprint density at radius 2 is 1.79 bits per heavy atom. The van der Waals surface area contributed by atoms with Gasteiger partial charge in [0.25, 0.3) is 0 Å². The molecule has 14 heavy (non-hydrogen) atoms. The third-order valence-electron chi connectivity index (χ3n) is 3.74. The van der Waals surface area contributed by atoms with Gasteiger partial charge in [-0.1, -0.05) is 0 Å². The van der Waals surface area contributed by atoms with Crippen molar-refractivity contribution in [3.05, 3.63) is 0 Å². The van der Waals surface area contributed by atoms with Crippen LogP contribution in [-0.4, -0.2) is 54.7 Å². The van der Waals surface area contributed by atoms with Crippen LogP contribution in [0.5, 0.6) is 0 Å². The first-order valence-corrected chi connectivity index (χ1v) is 5.88. The highest BCUT2D eigenvalue weighted by atomic mass is 15.4. The topological polar surface area (TPSA) is 18.5 Å². The maximum absolute atomic E-state index is 3.64. The van der Waals surface area contributed by atoms with Crippen LogP contribution in [-0.2, 0) is 0 Å². The molecule has 2 saturated heterocycles. The Morgan fingerprint density at radius 1 is 1.14 bits per heavy atom. The molecule has 3 nitrogen and oxygen atoms in total. The molecule has 2 fully saturated rings. The van der Waals surface area contributed by atoms with Gasteiger partial charge in [0.05, 0.1) is 6.17 Å². The molecule has 0 bridgehead atoms. The number of hydrogen-bond donors (Lipinski definition) is 1. The lowest BCUT2D eigenvalue weighted by Gasteiger charge is -2.41. The van der Waals surface area contributed by atoms with Gasteiger partial charge in [0.15, 0.2) is 0 Å². The predicted octanol–water partition coefficient (Wildman–Crippen LogP) is 0.720. The monoisotopic (exact) mass is 197 g/mol. The lowest BCUT2D eigenvalue weighted by molar-refractivity contribution is 0.0663. The third-order valence-corrected chi connectivity index (χ3v) is 3.74. The number of likely N-dealkylation sites (N-methyl/N-ethyl adjacent to an activating group) is 1. The van der Waals surface area contributed by atoms with E-state index in [0.29, 0.717) is 6.17 Å². The number of rotatable bonds is 1. The molecule has 2 aliphatic heterocycles. The highest BCUT2D eigenvalue weighted by Gasteiger charge is 2.34. The molecule has 3 unspecified atom stereocenters. The molecule has 2 aliphatic rings. The Kier molecular flexibility index (Phi) is 3.10. The van der Waals surface area contributed by atoms with E-state index in [1.54, 1.807) is 0 Å². The fraction of sp³-hybridized carbons (Fsp3) is 1.00. The van der Waals surface area contributed by atoms with Crippen molar-refractivity contribution in [3.63, 3.8) is 0 Å². The first kappa shape index (κ1) is 10.4. The van der Waals surface area contributed by atoms with Crippen molar-refractivity contribution < 1.29 is 0 Å². The number of hydrogen-bond acceptors (Lipinski definition) is 3. The van der Waals surface area contributed by atoms with Crippen molar-refractivity contribution in [3.8, 4) is 0 Å². The zero-order valence-electron chi connectivity index (χ0n) is 9.66. The van der Waals surface area contributed by atoms with Crippen LogP contribution in [0.3, 0.4) is 0 Å². The molecule has 0 radical (unpaired) electrons. The maximum Gasteiger partial charge on any atom is 0.0733 e. The minimum atomic E-state index is 0.584. The summed E-state index contributed by atoms with van der Waals surface area (Å²) in [6.07, 6.45) is 3.31. The van der Waals surface area contributed by atoms with Crippen LogP contribution in [0.4, 0.5) is 0 Å². The summed E-state index contributed by atoms with van der Waals surface area (Å²) in [5, 5.41) is 3.64. The van der Waals surface area contributed by atoms with Crippen LogP contribution >= 0.6 is 0 Å². The van der Waals surface area contributed by atoms with Crippen LogP contribution in [0, 0.1) is 0 Å².